The monoisotopic (exact) mass is 706 g/mol. The van der Waals surface area contributed by atoms with Crippen molar-refractivity contribution < 1.29 is 47.9 Å². The molecule has 0 saturated carbocycles. The summed E-state index contributed by atoms with van der Waals surface area (Å²) >= 11 is 0. The predicted molar refractivity (Wildman–Crippen MR) is 198 cm³/mol. The summed E-state index contributed by atoms with van der Waals surface area (Å²) in [4.78, 5) is 21.6. The second-order valence-corrected chi connectivity index (χ2v) is 12.3. The average molecular weight is 707 g/mol. The number of hydrogen-bond acceptors (Lipinski definition) is 10. The van der Waals surface area contributed by atoms with Crippen LogP contribution in [0.5, 0.6) is 5.75 Å². The number of hydrogen-bond donors (Lipinski definition) is 1. The van der Waals surface area contributed by atoms with Crippen LogP contribution < -0.4 is 4.74 Å². The molecule has 10 nitrogen and oxygen atoms in total. The molecule has 0 amide bonds. The summed E-state index contributed by atoms with van der Waals surface area (Å²) in [5.74, 6) is 0.198. The van der Waals surface area contributed by atoms with Gasteiger partial charge in [-0.15, -0.1) is 0 Å². The molecule has 0 aliphatic carbocycles. The summed E-state index contributed by atoms with van der Waals surface area (Å²) in [6, 6.07) is 26.8. The molecule has 4 rings (SSSR count). The first-order chi connectivity index (χ1) is 24.6. The average Bonchev–Trinajstić information content (AvgIpc) is 3.09. The Morgan fingerprint density at radius 1 is 0.569 bits per heavy atom. The summed E-state index contributed by atoms with van der Waals surface area (Å²) in [6.45, 7) is 12.4. The highest BCUT2D eigenvalue weighted by atomic mass is 16.6. The van der Waals surface area contributed by atoms with Crippen LogP contribution in [-0.4, -0.2) is 94.8 Å². The van der Waals surface area contributed by atoms with Crippen LogP contribution in [0.4, 0.5) is 0 Å². The Kier molecular flexibility index (Phi) is 19.0. The van der Waals surface area contributed by atoms with Gasteiger partial charge < -0.3 is 38.3 Å². The van der Waals surface area contributed by atoms with Gasteiger partial charge in [0.05, 0.1) is 59.0 Å². The zero-order valence-corrected chi connectivity index (χ0v) is 30.6. The smallest absolute Gasteiger partial charge is 0.303 e. The number of ether oxygens (including phenoxy) is 7. The topological polar surface area (TPSA) is 119 Å². The Balaban J connectivity index is 0.000000327. The van der Waals surface area contributed by atoms with Gasteiger partial charge in [-0.05, 0) is 78.4 Å². The van der Waals surface area contributed by atoms with Crippen LogP contribution in [-0.2, 0) is 50.9 Å². The first kappa shape index (κ1) is 41.4. The van der Waals surface area contributed by atoms with Gasteiger partial charge in [-0.1, -0.05) is 66.7 Å². The summed E-state index contributed by atoms with van der Waals surface area (Å²) in [6.07, 6.45) is 0.713. The van der Waals surface area contributed by atoms with Gasteiger partial charge in [-0.3, -0.25) is 9.59 Å². The Hall–Kier alpha value is -4.06. The SMILES string of the molecule is CC(=O)OC(C)COCCOCCc1cccc2c(CCOCCOCC(C)O)cccc12.CC(=O)OC(C)COc1ccc2ccccc2c1. The lowest BCUT2D eigenvalue weighted by Gasteiger charge is -2.13. The van der Waals surface area contributed by atoms with Crippen molar-refractivity contribution in [2.45, 2.75) is 65.8 Å². The van der Waals surface area contributed by atoms with Gasteiger partial charge >= 0.3 is 11.9 Å². The van der Waals surface area contributed by atoms with E-state index in [1.807, 2.05) is 43.3 Å². The normalized spacial score (nSPS) is 12.8. The highest BCUT2D eigenvalue weighted by molar-refractivity contribution is 5.88. The molecule has 0 spiro atoms. The van der Waals surface area contributed by atoms with E-state index >= 15 is 0 Å². The van der Waals surface area contributed by atoms with E-state index in [1.54, 1.807) is 13.8 Å². The fourth-order valence-electron chi connectivity index (χ4n) is 5.29. The van der Waals surface area contributed by atoms with Crippen molar-refractivity contribution in [1.82, 2.24) is 0 Å². The maximum Gasteiger partial charge on any atom is 0.303 e. The molecule has 4 aromatic carbocycles. The molecular weight excluding hydrogens is 652 g/mol. The zero-order valence-electron chi connectivity index (χ0n) is 30.6. The molecule has 0 saturated heterocycles. The van der Waals surface area contributed by atoms with Crippen LogP contribution in [0.2, 0.25) is 0 Å². The molecule has 10 heteroatoms. The van der Waals surface area contributed by atoms with E-state index in [4.69, 9.17) is 33.2 Å². The van der Waals surface area contributed by atoms with Crippen molar-refractivity contribution in [3.63, 3.8) is 0 Å². The van der Waals surface area contributed by atoms with E-state index < -0.39 is 6.10 Å². The molecular formula is C41H54O10. The number of fused-ring (bicyclic) bond motifs is 2. The molecule has 3 unspecified atom stereocenters. The zero-order chi connectivity index (χ0) is 36.8. The van der Waals surface area contributed by atoms with Gasteiger partial charge in [-0.25, -0.2) is 0 Å². The van der Waals surface area contributed by atoms with E-state index in [1.165, 1.54) is 41.1 Å². The third-order valence-electron chi connectivity index (χ3n) is 7.53. The predicted octanol–water partition coefficient (Wildman–Crippen LogP) is 6.49. The lowest BCUT2D eigenvalue weighted by atomic mass is 9.97. The highest BCUT2D eigenvalue weighted by Crippen LogP contribution is 2.24. The van der Waals surface area contributed by atoms with E-state index in [0.29, 0.717) is 59.5 Å². The van der Waals surface area contributed by atoms with E-state index in [9.17, 15) is 14.7 Å². The van der Waals surface area contributed by atoms with Crippen LogP contribution in [0, 0.1) is 0 Å². The number of rotatable bonds is 21. The molecule has 4 aromatic rings. The Labute approximate surface area is 301 Å². The molecule has 0 bridgehead atoms. The number of benzene rings is 4. The summed E-state index contributed by atoms with van der Waals surface area (Å²) in [5.41, 5.74) is 2.52. The van der Waals surface area contributed by atoms with Crippen molar-refractivity contribution in [3.8, 4) is 5.75 Å². The minimum Gasteiger partial charge on any atom is -0.490 e. The van der Waals surface area contributed by atoms with Crippen molar-refractivity contribution in [2.24, 2.45) is 0 Å². The van der Waals surface area contributed by atoms with Gasteiger partial charge in [0.25, 0.3) is 0 Å². The van der Waals surface area contributed by atoms with Crippen molar-refractivity contribution in [2.75, 3.05) is 59.5 Å². The van der Waals surface area contributed by atoms with Crippen LogP contribution in [0.3, 0.4) is 0 Å². The van der Waals surface area contributed by atoms with Gasteiger partial charge in [-0.2, -0.15) is 0 Å². The standard InChI is InChI=1S/C26H38O7.C15H16O3/c1-20(27)18-31-16-14-29-12-10-23-6-4-9-26-24(7-5-8-25(23)26)11-13-30-15-17-32-19-21(2)33-22(3)28;1-11(18-12(2)16)10-17-15-8-7-13-5-3-4-6-14(13)9-15/h4-9,20-21,27H,10-19H2,1-3H3;3-9,11H,10H2,1-2H3. The van der Waals surface area contributed by atoms with Gasteiger partial charge in [0.1, 0.15) is 24.6 Å². The molecule has 0 heterocycles. The Bertz CT molecular complexity index is 1600. The number of esters is 2. The fourth-order valence-corrected chi connectivity index (χ4v) is 5.29. The van der Waals surface area contributed by atoms with Gasteiger partial charge in [0.2, 0.25) is 0 Å². The van der Waals surface area contributed by atoms with Crippen LogP contribution >= 0.6 is 0 Å². The summed E-state index contributed by atoms with van der Waals surface area (Å²) < 4.78 is 37.8. The summed E-state index contributed by atoms with van der Waals surface area (Å²) in [7, 11) is 0. The number of carbonyl (C=O) groups excluding carboxylic acids is 2. The van der Waals surface area contributed by atoms with Crippen molar-refractivity contribution >= 4 is 33.5 Å². The largest absolute Gasteiger partial charge is 0.490 e. The van der Waals surface area contributed by atoms with Crippen LogP contribution in [0.1, 0.15) is 45.7 Å². The minimum absolute atomic E-state index is 0.242. The van der Waals surface area contributed by atoms with E-state index in [-0.39, 0.29) is 24.1 Å². The first-order valence-electron chi connectivity index (χ1n) is 17.6. The third-order valence-corrected chi connectivity index (χ3v) is 7.53. The molecule has 0 fully saturated rings. The maximum atomic E-state index is 10.9. The number of aliphatic hydroxyl groups excluding tert-OH is 1. The van der Waals surface area contributed by atoms with Crippen molar-refractivity contribution in [1.29, 1.82) is 0 Å². The fraction of sp³-hybridized carbons (Fsp3) is 0.463. The summed E-state index contributed by atoms with van der Waals surface area (Å²) in [5, 5.41) is 14.0. The molecule has 278 valence electrons. The maximum absolute atomic E-state index is 10.9. The lowest BCUT2D eigenvalue weighted by molar-refractivity contribution is -0.148. The third kappa shape index (κ3) is 16.7. The van der Waals surface area contributed by atoms with Crippen LogP contribution in [0.15, 0.2) is 78.9 Å². The van der Waals surface area contributed by atoms with E-state index in [2.05, 4.69) is 42.5 Å². The number of aliphatic hydroxyl groups is 1. The minimum atomic E-state index is -0.448. The molecule has 51 heavy (non-hydrogen) atoms. The molecule has 3 atom stereocenters. The molecule has 0 radical (unpaired) electrons. The first-order valence-corrected chi connectivity index (χ1v) is 17.6. The second kappa shape index (κ2) is 23.4. The second-order valence-electron chi connectivity index (χ2n) is 12.3. The Morgan fingerprint density at radius 3 is 1.63 bits per heavy atom. The quantitative estimate of drug-likeness (QED) is 0.0761. The molecule has 1 N–H and O–H groups in total. The van der Waals surface area contributed by atoms with Gasteiger partial charge in [0.15, 0.2) is 0 Å². The molecule has 0 aliphatic heterocycles. The number of carbonyl (C=O) groups is 2. The lowest BCUT2D eigenvalue weighted by Crippen LogP contribution is -2.20. The highest BCUT2D eigenvalue weighted by Gasteiger charge is 2.08. The van der Waals surface area contributed by atoms with Crippen molar-refractivity contribution in [3.05, 3.63) is 90.0 Å². The Morgan fingerprint density at radius 2 is 1.08 bits per heavy atom. The van der Waals surface area contributed by atoms with E-state index in [0.717, 1.165) is 24.0 Å². The molecule has 0 aromatic heterocycles. The van der Waals surface area contributed by atoms with Crippen LogP contribution in [0.25, 0.3) is 21.5 Å². The van der Waals surface area contributed by atoms with Gasteiger partial charge in [0, 0.05) is 13.8 Å². The molecule has 0 aliphatic rings.